The van der Waals surface area contributed by atoms with Gasteiger partial charge in [0.15, 0.2) is 0 Å². The summed E-state index contributed by atoms with van der Waals surface area (Å²) in [6, 6.07) is 7.09. The molecule has 0 aromatic heterocycles. The summed E-state index contributed by atoms with van der Waals surface area (Å²) in [5.74, 6) is 0.0747. The van der Waals surface area contributed by atoms with Crippen molar-refractivity contribution in [1.82, 2.24) is 9.80 Å². The summed E-state index contributed by atoms with van der Waals surface area (Å²) in [5, 5.41) is 0. The van der Waals surface area contributed by atoms with Gasteiger partial charge in [0.1, 0.15) is 5.82 Å². The molecule has 4 rings (SSSR count). The van der Waals surface area contributed by atoms with Crippen LogP contribution in [-0.4, -0.2) is 54.6 Å². The summed E-state index contributed by atoms with van der Waals surface area (Å²) in [7, 11) is 0. The van der Waals surface area contributed by atoms with E-state index in [1.807, 2.05) is 4.90 Å². The van der Waals surface area contributed by atoms with Gasteiger partial charge in [-0.3, -0.25) is 9.69 Å². The number of hydrogen-bond acceptors (Lipinski definition) is 3. The van der Waals surface area contributed by atoms with E-state index in [1.54, 1.807) is 12.1 Å². The fourth-order valence-corrected chi connectivity index (χ4v) is 4.76. The Balaban J connectivity index is 1.43. The van der Waals surface area contributed by atoms with Crippen LogP contribution in [0.25, 0.3) is 0 Å². The average molecular weight is 346 g/mol. The molecular formula is C20H27FN2O2. The highest BCUT2D eigenvalue weighted by Crippen LogP contribution is 2.41. The van der Waals surface area contributed by atoms with Gasteiger partial charge >= 0.3 is 0 Å². The summed E-state index contributed by atoms with van der Waals surface area (Å²) in [5.41, 5.74) is 0.808. The van der Waals surface area contributed by atoms with E-state index in [4.69, 9.17) is 4.74 Å². The monoisotopic (exact) mass is 346 g/mol. The van der Waals surface area contributed by atoms with E-state index < -0.39 is 0 Å². The second kappa shape index (κ2) is 7.04. The maximum atomic E-state index is 13.2. The maximum absolute atomic E-state index is 13.2. The summed E-state index contributed by atoms with van der Waals surface area (Å²) in [4.78, 5) is 17.8. The zero-order valence-electron chi connectivity index (χ0n) is 14.8. The number of amides is 1. The van der Waals surface area contributed by atoms with E-state index in [2.05, 4.69) is 4.90 Å². The smallest absolute Gasteiger partial charge is 0.230 e. The lowest BCUT2D eigenvalue weighted by atomic mass is 9.78. The minimum atomic E-state index is -0.229. The fraction of sp³-hybridized carbons (Fsp3) is 0.650. The van der Waals surface area contributed by atoms with Gasteiger partial charge in [-0.2, -0.15) is 0 Å². The van der Waals surface area contributed by atoms with Crippen LogP contribution in [-0.2, 0) is 16.1 Å². The van der Waals surface area contributed by atoms with E-state index in [1.165, 1.54) is 12.1 Å². The maximum Gasteiger partial charge on any atom is 0.230 e. The van der Waals surface area contributed by atoms with Crippen LogP contribution in [0.3, 0.4) is 0 Å². The average Bonchev–Trinajstić information content (AvgIpc) is 3.07. The second-order valence-electron chi connectivity index (χ2n) is 7.80. The molecule has 0 bridgehead atoms. The Bertz CT molecular complexity index is 615. The van der Waals surface area contributed by atoms with Crippen LogP contribution >= 0.6 is 0 Å². The van der Waals surface area contributed by atoms with E-state index in [0.29, 0.717) is 18.5 Å². The molecule has 1 aromatic rings. The zero-order chi connectivity index (χ0) is 17.3. The number of hydrogen-bond donors (Lipinski definition) is 0. The highest BCUT2D eigenvalue weighted by atomic mass is 19.1. The predicted molar refractivity (Wildman–Crippen MR) is 93.5 cm³/mol. The summed E-state index contributed by atoms with van der Waals surface area (Å²) >= 11 is 0. The van der Waals surface area contributed by atoms with E-state index >= 15 is 0 Å². The van der Waals surface area contributed by atoms with Gasteiger partial charge in [0.05, 0.1) is 5.41 Å². The summed E-state index contributed by atoms with van der Waals surface area (Å²) < 4.78 is 18.6. The Kier molecular flexibility index (Phi) is 4.78. The molecule has 1 unspecified atom stereocenters. The standard InChI is InChI=1S/C20H27FN2O2/c21-17-4-2-16(3-5-17)14-22-10-1-8-20(19(22)24)9-11-23(15-20)18-6-12-25-13-7-18/h2-5,18H,1,6-15H2. The fourth-order valence-electron chi connectivity index (χ4n) is 4.76. The first kappa shape index (κ1) is 17.0. The molecule has 1 amide bonds. The van der Waals surface area contributed by atoms with Gasteiger partial charge in [-0.15, -0.1) is 0 Å². The van der Waals surface area contributed by atoms with Crippen molar-refractivity contribution in [3.05, 3.63) is 35.6 Å². The van der Waals surface area contributed by atoms with Crippen molar-refractivity contribution in [2.75, 3.05) is 32.8 Å². The largest absolute Gasteiger partial charge is 0.381 e. The van der Waals surface area contributed by atoms with Crippen LogP contribution in [0.2, 0.25) is 0 Å². The molecule has 3 saturated heterocycles. The van der Waals surface area contributed by atoms with Crippen LogP contribution in [0.15, 0.2) is 24.3 Å². The number of halogens is 1. The normalized spacial score (nSPS) is 28.8. The van der Waals surface area contributed by atoms with Gasteiger partial charge in [-0.1, -0.05) is 12.1 Å². The van der Waals surface area contributed by atoms with Crippen LogP contribution in [0.4, 0.5) is 4.39 Å². The Morgan fingerprint density at radius 3 is 2.64 bits per heavy atom. The molecule has 25 heavy (non-hydrogen) atoms. The molecule has 4 nitrogen and oxygen atoms in total. The number of piperidine rings is 1. The van der Waals surface area contributed by atoms with Crippen molar-refractivity contribution in [2.45, 2.75) is 44.7 Å². The van der Waals surface area contributed by atoms with Gasteiger partial charge in [0.2, 0.25) is 5.91 Å². The molecule has 3 aliphatic rings. The summed E-state index contributed by atoms with van der Waals surface area (Å²) in [6.07, 6.45) is 5.22. The first-order valence-electron chi connectivity index (χ1n) is 9.52. The molecule has 3 heterocycles. The molecule has 3 aliphatic heterocycles. The van der Waals surface area contributed by atoms with Crippen molar-refractivity contribution in [3.63, 3.8) is 0 Å². The zero-order valence-corrected chi connectivity index (χ0v) is 14.8. The summed E-state index contributed by atoms with van der Waals surface area (Å²) in [6.45, 7) is 5.03. The third-order valence-corrected chi connectivity index (χ3v) is 6.20. The lowest BCUT2D eigenvalue weighted by molar-refractivity contribution is -0.146. The number of carbonyl (C=O) groups excluding carboxylic acids is 1. The Morgan fingerprint density at radius 1 is 1.12 bits per heavy atom. The van der Waals surface area contributed by atoms with E-state index in [-0.39, 0.29) is 11.2 Å². The number of carbonyl (C=O) groups is 1. The molecule has 0 aliphatic carbocycles. The number of rotatable bonds is 3. The van der Waals surface area contributed by atoms with Gasteiger partial charge in [0.25, 0.3) is 0 Å². The molecule has 3 fully saturated rings. The number of likely N-dealkylation sites (tertiary alicyclic amines) is 2. The molecule has 0 radical (unpaired) electrons. The topological polar surface area (TPSA) is 32.8 Å². The molecule has 1 aromatic carbocycles. The molecule has 0 N–H and O–H groups in total. The number of benzene rings is 1. The third kappa shape index (κ3) is 3.44. The van der Waals surface area contributed by atoms with Crippen molar-refractivity contribution in [3.8, 4) is 0 Å². The van der Waals surface area contributed by atoms with Crippen molar-refractivity contribution in [2.24, 2.45) is 5.41 Å². The second-order valence-corrected chi connectivity index (χ2v) is 7.80. The van der Waals surface area contributed by atoms with Crippen molar-refractivity contribution in [1.29, 1.82) is 0 Å². The lowest BCUT2D eigenvalue weighted by Gasteiger charge is -2.40. The molecular weight excluding hydrogens is 319 g/mol. The quantitative estimate of drug-likeness (QED) is 0.844. The molecule has 5 heteroatoms. The first-order valence-corrected chi connectivity index (χ1v) is 9.52. The van der Waals surface area contributed by atoms with Crippen molar-refractivity contribution >= 4 is 5.91 Å². The first-order chi connectivity index (χ1) is 12.2. The molecule has 136 valence electrons. The molecule has 1 atom stereocenters. The van der Waals surface area contributed by atoms with Gasteiger partial charge < -0.3 is 9.64 Å². The minimum absolute atomic E-state index is 0.198. The van der Waals surface area contributed by atoms with Crippen LogP contribution in [0, 0.1) is 11.2 Å². The van der Waals surface area contributed by atoms with Crippen LogP contribution in [0.1, 0.15) is 37.7 Å². The number of ether oxygens (including phenoxy) is 1. The van der Waals surface area contributed by atoms with Gasteiger partial charge in [-0.25, -0.2) is 4.39 Å². The van der Waals surface area contributed by atoms with Gasteiger partial charge in [0, 0.05) is 38.9 Å². The Hall–Kier alpha value is -1.46. The predicted octanol–water partition coefficient (Wildman–Crippen LogP) is 2.82. The Labute approximate surface area is 148 Å². The van der Waals surface area contributed by atoms with Crippen LogP contribution in [0.5, 0.6) is 0 Å². The molecule has 0 saturated carbocycles. The minimum Gasteiger partial charge on any atom is -0.381 e. The highest BCUT2D eigenvalue weighted by molar-refractivity contribution is 5.84. The SMILES string of the molecule is O=C1N(Cc2ccc(F)cc2)CCCC12CCN(C1CCOCC1)C2. The highest BCUT2D eigenvalue weighted by Gasteiger charge is 2.49. The number of nitrogens with zero attached hydrogens (tertiary/aromatic N) is 2. The van der Waals surface area contributed by atoms with Crippen molar-refractivity contribution < 1.29 is 13.9 Å². The third-order valence-electron chi connectivity index (χ3n) is 6.20. The van der Waals surface area contributed by atoms with E-state index in [0.717, 1.165) is 70.5 Å². The molecule has 1 spiro atoms. The Morgan fingerprint density at radius 2 is 1.88 bits per heavy atom. The van der Waals surface area contributed by atoms with E-state index in [9.17, 15) is 9.18 Å². The lowest BCUT2D eigenvalue weighted by Crippen LogP contribution is -2.50. The van der Waals surface area contributed by atoms with Gasteiger partial charge in [-0.05, 0) is 56.3 Å². The van der Waals surface area contributed by atoms with Crippen LogP contribution < -0.4 is 0 Å².